The van der Waals surface area contributed by atoms with Gasteiger partial charge in [-0.25, -0.2) is 0 Å². The summed E-state index contributed by atoms with van der Waals surface area (Å²) in [6, 6.07) is 19.2. The molecule has 3 heteroatoms. The Morgan fingerprint density at radius 1 is 1.09 bits per heavy atom. The van der Waals surface area contributed by atoms with E-state index in [1.54, 1.807) is 0 Å². The van der Waals surface area contributed by atoms with E-state index in [4.69, 9.17) is 5.11 Å². The number of hydrogen-bond donors (Lipinski definition) is 1. The maximum Gasteiger partial charge on any atom is 0.303 e. The van der Waals surface area contributed by atoms with Gasteiger partial charge in [0.15, 0.2) is 0 Å². The number of carboxylic acid groups (broad SMARTS) is 1. The van der Waals surface area contributed by atoms with Crippen LogP contribution in [-0.4, -0.2) is 29.1 Å². The molecule has 1 unspecified atom stereocenters. The lowest BCUT2D eigenvalue weighted by atomic mass is 9.84. The van der Waals surface area contributed by atoms with Crippen LogP contribution in [0.5, 0.6) is 0 Å². The van der Waals surface area contributed by atoms with Crippen molar-refractivity contribution in [2.75, 3.05) is 13.1 Å². The molecule has 2 aromatic carbocycles. The number of rotatable bonds is 5. The van der Waals surface area contributed by atoms with Gasteiger partial charge < -0.3 is 5.11 Å². The first-order valence-corrected chi connectivity index (χ1v) is 7.81. The minimum atomic E-state index is -0.711. The van der Waals surface area contributed by atoms with Crippen LogP contribution in [-0.2, 0) is 11.3 Å². The predicted molar refractivity (Wildman–Crippen MR) is 86.9 cm³/mol. The lowest BCUT2D eigenvalue weighted by Gasteiger charge is -2.35. The van der Waals surface area contributed by atoms with Crippen LogP contribution in [0, 0.1) is 0 Å². The SMILES string of the molecule is O=C(O)CCCN1Cc2ccccc2C(c2ccccc2)C1. The summed E-state index contributed by atoms with van der Waals surface area (Å²) < 4.78 is 0. The van der Waals surface area contributed by atoms with E-state index in [0.717, 1.165) is 19.6 Å². The highest BCUT2D eigenvalue weighted by atomic mass is 16.4. The second-order valence-corrected chi connectivity index (χ2v) is 5.89. The van der Waals surface area contributed by atoms with Crippen molar-refractivity contribution in [2.24, 2.45) is 0 Å². The molecule has 114 valence electrons. The number of aliphatic carboxylic acids is 1. The summed E-state index contributed by atoms with van der Waals surface area (Å²) in [4.78, 5) is 13.1. The van der Waals surface area contributed by atoms with Crippen molar-refractivity contribution in [3.63, 3.8) is 0 Å². The number of carbonyl (C=O) groups is 1. The lowest BCUT2D eigenvalue weighted by Crippen LogP contribution is -2.35. The van der Waals surface area contributed by atoms with Crippen molar-refractivity contribution in [3.05, 3.63) is 71.3 Å². The van der Waals surface area contributed by atoms with E-state index in [0.29, 0.717) is 12.3 Å². The van der Waals surface area contributed by atoms with Crippen LogP contribution in [0.15, 0.2) is 54.6 Å². The normalized spacial score (nSPS) is 17.9. The third kappa shape index (κ3) is 3.37. The molecule has 3 nitrogen and oxygen atoms in total. The maximum atomic E-state index is 10.7. The molecule has 0 aliphatic carbocycles. The largest absolute Gasteiger partial charge is 0.481 e. The number of nitrogens with zero attached hydrogens (tertiary/aromatic N) is 1. The van der Waals surface area contributed by atoms with Crippen molar-refractivity contribution >= 4 is 5.97 Å². The molecule has 0 spiro atoms. The Labute approximate surface area is 131 Å². The zero-order valence-corrected chi connectivity index (χ0v) is 12.6. The smallest absolute Gasteiger partial charge is 0.303 e. The van der Waals surface area contributed by atoms with E-state index < -0.39 is 5.97 Å². The Hall–Kier alpha value is -2.13. The molecule has 22 heavy (non-hydrogen) atoms. The van der Waals surface area contributed by atoms with Crippen LogP contribution >= 0.6 is 0 Å². The summed E-state index contributed by atoms with van der Waals surface area (Å²) in [7, 11) is 0. The summed E-state index contributed by atoms with van der Waals surface area (Å²) in [5, 5.41) is 8.81. The summed E-state index contributed by atoms with van der Waals surface area (Å²) in [5.74, 6) is -0.340. The van der Waals surface area contributed by atoms with E-state index in [1.807, 2.05) is 6.07 Å². The molecule has 3 rings (SSSR count). The molecule has 1 N–H and O–H groups in total. The van der Waals surface area contributed by atoms with Crippen LogP contribution in [0.4, 0.5) is 0 Å². The van der Waals surface area contributed by atoms with Gasteiger partial charge in [0.05, 0.1) is 0 Å². The first kappa shape index (κ1) is 14.8. The van der Waals surface area contributed by atoms with Gasteiger partial charge in [0.25, 0.3) is 0 Å². The topological polar surface area (TPSA) is 40.5 Å². The van der Waals surface area contributed by atoms with Gasteiger partial charge in [-0.15, -0.1) is 0 Å². The minimum Gasteiger partial charge on any atom is -0.481 e. The van der Waals surface area contributed by atoms with E-state index >= 15 is 0 Å². The first-order valence-electron chi connectivity index (χ1n) is 7.81. The second-order valence-electron chi connectivity index (χ2n) is 5.89. The molecule has 1 aliphatic rings. The van der Waals surface area contributed by atoms with Crippen molar-refractivity contribution in [1.29, 1.82) is 0 Å². The van der Waals surface area contributed by atoms with Gasteiger partial charge in [0, 0.05) is 25.4 Å². The number of fused-ring (bicyclic) bond motifs is 1. The third-order valence-corrected chi connectivity index (χ3v) is 4.33. The van der Waals surface area contributed by atoms with Crippen LogP contribution < -0.4 is 0 Å². The number of carboxylic acids is 1. The third-order valence-electron chi connectivity index (χ3n) is 4.33. The van der Waals surface area contributed by atoms with E-state index in [-0.39, 0.29) is 6.42 Å². The van der Waals surface area contributed by atoms with Crippen molar-refractivity contribution in [3.8, 4) is 0 Å². The fraction of sp³-hybridized carbons (Fsp3) is 0.316. The van der Waals surface area contributed by atoms with Gasteiger partial charge in [-0.2, -0.15) is 0 Å². The second kappa shape index (κ2) is 6.75. The molecule has 0 bridgehead atoms. The van der Waals surface area contributed by atoms with Crippen LogP contribution in [0.25, 0.3) is 0 Å². The fourth-order valence-electron chi connectivity index (χ4n) is 3.27. The molecule has 0 radical (unpaired) electrons. The number of hydrogen-bond acceptors (Lipinski definition) is 2. The van der Waals surface area contributed by atoms with Crippen LogP contribution in [0.3, 0.4) is 0 Å². The van der Waals surface area contributed by atoms with E-state index in [2.05, 4.69) is 53.4 Å². The predicted octanol–water partition coefficient (Wildman–Crippen LogP) is 3.50. The zero-order valence-electron chi connectivity index (χ0n) is 12.6. The van der Waals surface area contributed by atoms with Gasteiger partial charge in [-0.05, 0) is 29.7 Å². The average Bonchev–Trinajstić information content (AvgIpc) is 2.54. The highest BCUT2D eigenvalue weighted by molar-refractivity contribution is 5.66. The van der Waals surface area contributed by atoms with Gasteiger partial charge in [0.2, 0.25) is 0 Å². The quantitative estimate of drug-likeness (QED) is 0.918. The van der Waals surface area contributed by atoms with Gasteiger partial charge in [-0.3, -0.25) is 9.69 Å². The Balaban J connectivity index is 1.81. The summed E-state index contributed by atoms with van der Waals surface area (Å²) in [6.45, 7) is 2.71. The summed E-state index contributed by atoms with van der Waals surface area (Å²) >= 11 is 0. The number of benzene rings is 2. The molecule has 0 fully saturated rings. The molecule has 0 amide bonds. The molecule has 0 aromatic heterocycles. The molecular weight excluding hydrogens is 274 g/mol. The summed E-state index contributed by atoms with van der Waals surface area (Å²) in [6.07, 6.45) is 0.952. The fourth-order valence-corrected chi connectivity index (χ4v) is 3.27. The van der Waals surface area contributed by atoms with E-state index in [9.17, 15) is 4.79 Å². The standard InChI is InChI=1S/C19H21NO2/c21-19(22)11-6-12-20-13-16-9-4-5-10-17(16)18(14-20)15-7-2-1-3-8-15/h1-5,7-10,18H,6,11-14H2,(H,21,22). The molecule has 1 heterocycles. The highest BCUT2D eigenvalue weighted by Crippen LogP contribution is 2.33. The Morgan fingerprint density at radius 2 is 1.82 bits per heavy atom. The Kier molecular flexibility index (Phi) is 4.54. The monoisotopic (exact) mass is 295 g/mol. The van der Waals surface area contributed by atoms with Gasteiger partial charge >= 0.3 is 5.97 Å². The molecule has 2 aromatic rings. The molecular formula is C19H21NO2. The Morgan fingerprint density at radius 3 is 2.59 bits per heavy atom. The molecule has 1 aliphatic heterocycles. The molecule has 0 saturated heterocycles. The average molecular weight is 295 g/mol. The molecule has 1 atom stereocenters. The molecule has 0 saturated carbocycles. The van der Waals surface area contributed by atoms with Crippen molar-refractivity contribution < 1.29 is 9.90 Å². The van der Waals surface area contributed by atoms with Crippen molar-refractivity contribution in [1.82, 2.24) is 4.90 Å². The lowest BCUT2D eigenvalue weighted by molar-refractivity contribution is -0.137. The first-order chi connectivity index (χ1) is 10.7. The highest BCUT2D eigenvalue weighted by Gasteiger charge is 2.25. The van der Waals surface area contributed by atoms with Crippen molar-refractivity contribution in [2.45, 2.75) is 25.3 Å². The minimum absolute atomic E-state index is 0.244. The zero-order chi connectivity index (χ0) is 15.4. The van der Waals surface area contributed by atoms with Gasteiger partial charge in [-0.1, -0.05) is 54.6 Å². The van der Waals surface area contributed by atoms with E-state index in [1.165, 1.54) is 16.7 Å². The Bertz CT molecular complexity index is 639. The van der Waals surface area contributed by atoms with Crippen LogP contribution in [0.1, 0.15) is 35.4 Å². The van der Waals surface area contributed by atoms with Gasteiger partial charge in [0.1, 0.15) is 0 Å². The maximum absolute atomic E-state index is 10.7. The van der Waals surface area contributed by atoms with Crippen LogP contribution in [0.2, 0.25) is 0 Å². The summed E-state index contributed by atoms with van der Waals surface area (Å²) in [5.41, 5.74) is 4.10.